The number of carbonyl (C=O) groups excluding carboxylic acids is 1. The lowest BCUT2D eigenvalue weighted by Crippen LogP contribution is -2.45. The summed E-state index contributed by atoms with van der Waals surface area (Å²) in [5.74, 6) is -0.897. The first-order chi connectivity index (χ1) is 9.98. The third-order valence-electron chi connectivity index (χ3n) is 4.23. The summed E-state index contributed by atoms with van der Waals surface area (Å²) in [5, 5.41) is 14.4. The monoisotopic (exact) mass is 300 g/mol. The summed E-state index contributed by atoms with van der Waals surface area (Å²) in [5.41, 5.74) is -0.921. The summed E-state index contributed by atoms with van der Waals surface area (Å²) in [6, 6.07) is -0.344. The van der Waals surface area contributed by atoms with E-state index in [0.29, 0.717) is 25.7 Å². The second-order valence-corrected chi connectivity index (χ2v) is 5.96. The largest absolute Gasteiger partial charge is 0.481 e. The molecule has 0 aromatic carbocycles. The molecular formula is C15H28N2O4. The predicted molar refractivity (Wildman–Crippen MR) is 80.3 cm³/mol. The molecule has 1 rings (SSSR count). The molecule has 1 atom stereocenters. The fourth-order valence-electron chi connectivity index (χ4n) is 2.31. The zero-order valence-corrected chi connectivity index (χ0v) is 13.1. The van der Waals surface area contributed by atoms with Crippen LogP contribution < -0.4 is 10.6 Å². The van der Waals surface area contributed by atoms with Crippen LogP contribution in [0.4, 0.5) is 4.79 Å². The molecule has 2 amide bonds. The number of carboxylic acid groups (broad SMARTS) is 1. The van der Waals surface area contributed by atoms with E-state index in [4.69, 9.17) is 9.84 Å². The van der Waals surface area contributed by atoms with E-state index >= 15 is 0 Å². The number of rotatable bonds is 8. The molecule has 6 nitrogen and oxygen atoms in total. The zero-order valence-electron chi connectivity index (χ0n) is 13.1. The smallest absolute Gasteiger partial charge is 0.314 e. The molecule has 0 aromatic rings. The van der Waals surface area contributed by atoms with Gasteiger partial charge in [0, 0.05) is 13.1 Å². The van der Waals surface area contributed by atoms with Gasteiger partial charge in [0.1, 0.15) is 0 Å². The minimum Gasteiger partial charge on any atom is -0.481 e. The molecule has 122 valence electrons. The van der Waals surface area contributed by atoms with Gasteiger partial charge in [0.05, 0.1) is 18.1 Å². The zero-order chi connectivity index (χ0) is 15.7. The van der Waals surface area contributed by atoms with Crippen molar-refractivity contribution in [2.24, 2.45) is 5.41 Å². The first-order valence-electron chi connectivity index (χ1n) is 7.84. The van der Waals surface area contributed by atoms with E-state index in [9.17, 15) is 9.59 Å². The summed E-state index contributed by atoms with van der Waals surface area (Å²) in [4.78, 5) is 22.7. The van der Waals surface area contributed by atoms with Gasteiger partial charge in [0.2, 0.25) is 0 Å². The van der Waals surface area contributed by atoms with Crippen molar-refractivity contribution < 1.29 is 19.4 Å². The van der Waals surface area contributed by atoms with Crippen molar-refractivity contribution in [3.8, 4) is 0 Å². The third kappa shape index (κ3) is 6.33. The van der Waals surface area contributed by atoms with Crippen molar-refractivity contribution >= 4 is 12.0 Å². The Balaban J connectivity index is 2.12. The van der Waals surface area contributed by atoms with Crippen LogP contribution >= 0.6 is 0 Å². The molecule has 0 aliphatic heterocycles. The van der Waals surface area contributed by atoms with Gasteiger partial charge in [-0.2, -0.15) is 0 Å². The highest BCUT2D eigenvalue weighted by atomic mass is 16.5. The molecule has 1 unspecified atom stereocenters. The maximum Gasteiger partial charge on any atom is 0.314 e. The Bertz CT molecular complexity index is 343. The Morgan fingerprint density at radius 2 is 1.90 bits per heavy atom. The summed E-state index contributed by atoms with van der Waals surface area (Å²) >= 11 is 0. The minimum absolute atomic E-state index is 0.119. The van der Waals surface area contributed by atoms with Crippen LogP contribution in [0, 0.1) is 5.41 Å². The number of carboxylic acids is 1. The maximum atomic E-state index is 11.6. The number of ether oxygens (including phenoxy) is 1. The summed E-state index contributed by atoms with van der Waals surface area (Å²) < 4.78 is 5.70. The van der Waals surface area contributed by atoms with Gasteiger partial charge >= 0.3 is 12.0 Å². The second kappa shape index (κ2) is 8.87. The predicted octanol–water partition coefficient (Wildman–Crippen LogP) is 2.14. The minimum atomic E-state index is -0.921. The summed E-state index contributed by atoms with van der Waals surface area (Å²) in [6.07, 6.45) is 6.76. The molecule has 6 heteroatoms. The lowest BCUT2D eigenvalue weighted by molar-refractivity contribution is -0.147. The molecule has 3 N–H and O–H groups in total. The number of hydrogen-bond donors (Lipinski definition) is 3. The molecule has 0 spiro atoms. The molecule has 1 aliphatic rings. The number of amides is 2. The van der Waals surface area contributed by atoms with Crippen molar-refractivity contribution in [1.82, 2.24) is 10.6 Å². The van der Waals surface area contributed by atoms with Gasteiger partial charge in [-0.05, 0) is 26.2 Å². The van der Waals surface area contributed by atoms with E-state index < -0.39 is 11.4 Å². The van der Waals surface area contributed by atoms with Crippen molar-refractivity contribution in [2.75, 3.05) is 19.7 Å². The van der Waals surface area contributed by atoms with E-state index in [0.717, 1.165) is 12.8 Å². The number of aliphatic carboxylic acids is 1. The summed E-state index contributed by atoms with van der Waals surface area (Å²) in [7, 11) is 0. The Kier molecular flexibility index (Phi) is 7.50. The quantitative estimate of drug-likeness (QED) is 0.599. The van der Waals surface area contributed by atoms with Gasteiger partial charge in [0.15, 0.2) is 0 Å². The van der Waals surface area contributed by atoms with Crippen molar-refractivity contribution in [1.29, 1.82) is 0 Å². The number of hydrogen-bond acceptors (Lipinski definition) is 3. The van der Waals surface area contributed by atoms with Crippen molar-refractivity contribution in [3.05, 3.63) is 0 Å². The lowest BCUT2D eigenvalue weighted by Gasteiger charge is -2.24. The average molecular weight is 300 g/mol. The Labute approximate surface area is 126 Å². The van der Waals surface area contributed by atoms with Gasteiger partial charge in [-0.25, -0.2) is 4.79 Å². The third-order valence-corrected chi connectivity index (χ3v) is 4.23. The van der Waals surface area contributed by atoms with Crippen LogP contribution in [0.5, 0.6) is 0 Å². The highest BCUT2D eigenvalue weighted by Gasteiger charge is 2.31. The molecule has 0 aromatic heterocycles. The first-order valence-corrected chi connectivity index (χ1v) is 7.84. The molecule has 0 saturated heterocycles. The SMILES string of the molecule is CCC(C)(CNC(=O)NCCOC1CCCCC1)C(=O)O. The fourth-order valence-corrected chi connectivity index (χ4v) is 2.31. The Morgan fingerprint density at radius 3 is 2.48 bits per heavy atom. The highest BCUT2D eigenvalue weighted by molar-refractivity contribution is 5.77. The normalized spacial score (nSPS) is 18.8. The van der Waals surface area contributed by atoms with E-state index in [2.05, 4.69) is 10.6 Å². The van der Waals surface area contributed by atoms with Gasteiger partial charge in [-0.15, -0.1) is 0 Å². The van der Waals surface area contributed by atoms with Gasteiger partial charge < -0.3 is 20.5 Å². The molecule has 1 aliphatic carbocycles. The van der Waals surface area contributed by atoms with Gasteiger partial charge in [-0.3, -0.25) is 4.79 Å². The first kappa shape index (κ1) is 17.8. The standard InChI is InChI=1S/C15H28N2O4/c1-3-15(2,13(18)19)11-17-14(20)16-9-10-21-12-7-5-4-6-8-12/h12H,3-11H2,1-2H3,(H,18,19)(H2,16,17,20). The van der Waals surface area contributed by atoms with Crippen LogP contribution in [0.3, 0.4) is 0 Å². The fraction of sp³-hybridized carbons (Fsp3) is 0.867. The van der Waals surface area contributed by atoms with Crippen molar-refractivity contribution in [2.45, 2.75) is 58.5 Å². The van der Waals surface area contributed by atoms with Gasteiger partial charge in [0.25, 0.3) is 0 Å². The van der Waals surface area contributed by atoms with E-state index in [-0.39, 0.29) is 12.6 Å². The van der Waals surface area contributed by atoms with E-state index in [1.165, 1.54) is 19.3 Å². The molecular weight excluding hydrogens is 272 g/mol. The topological polar surface area (TPSA) is 87.7 Å². The van der Waals surface area contributed by atoms with Crippen LogP contribution in [0.2, 0.25) is 0 Å². The Morgan fingerprint density at radius 1 is 1.24 bits per heavy atom. The van der Waals surface area contributed by atoms with Crippen LogP contribution in [0.15, 0.2) is 0 Å². The number of carbonyl (C=O) groups is 2. The molecule has 0 bridgehead atoms. The number of urea groups is 1. The molecule has 0 radical (unpaired) electrons. The molecule has 1 saturated carbocycles. The van der Waals surface area contributed by atoms with Crippen molar-refractivity contribution in [3.63, 3.8) is 0 Å². The molecule has 0 heterocycles. The Hall–Kier alpha value is -1.30. The highest BCUT2D eigenvalue weighted by Crippen LogP contribution is 2.20. The molecule has 21 heavy (non-hydrogen) atoms. The van der Waals surface area contributed by atoms with E-state index in [1.54, 1.807) is 13.8 Å². The second-order valence-electron chi connectivity index (χ2n) is 5.96. The van der Waals surface area contributed by atoms with E-state index in [1.807, 2.05) is 0 Å². The number of nitrogens with one attached hydrogen (secondary N) is 2. The van der Waals surface area contributed by atoms with Crippen LogP contribution in [-0.4, -0.2) is 42.9 Å². The average Bonchev–Trinajstić information content (AvgIpc) is 2.50. The maximum absolute atomic E-state index is 11.6. The summed E-state index contributed by atoms with van der Waals surface area (Å²) in [6.45, 7) is 4.49. The van der Waals surface area contributed by atoms with Crippen LogP contribution in [0.1, 0.15) is 52.4 Å². The lowest BCUT2D eigenvalue weighted by atomic mass is 9.88. The molecule has 1 fully saturated rings. The van der Waals surface area contributed by atoms with Crippen LogP contribution in [0.25, 0.3) is 0 Å². The van der Waals surface area contributed by atoms with Crippen LogP contribution in [-0.2, 0) is 9.53 Å². The van der Waals surface area contributed by atoms with Gasteiger partial charge in [-0.1, -0.05) is 26.2 Å².